The van der Waals surface area contributed by atoms with Crippen molar-refractivity contribution in [2.24, 2.45) is 0 Å². The number of fused-ring (bicyclic) bond motifs is 1. The number of piperazine rings is 1. The second-order valence-corrected chi connectivity index (χ2v) is 9.31. The van der Waals surface area contributed by atoms with Crippen molar-refractivity contribution >= 4 is 40.4 Å². The van der Waals surface area contributed by atoms with Crippen LogP contribution in [0.4, 0.5) is 9.18 Å². The summed E-state index contributed by atoms with van der Waals surface area (Å²) in [5, 5.41) is 3.46. The Morgan fingerprint density at radius 3 is 2.62 bits per heavy atom. The van der Waals surface area contributed by atoms with Crippen molar-refractivity contribution < 1.29 is 23.5 Å². The van der Waals surface area contributed by atoms with Crippen molar-refractivity contribution in [3.05, 3.63) is 64.4 Å². The molecule has 3 aromatic rings. The van der Waals surface area contributed by atoms with Crippen LogP contribution in [0.15, 0.2) is 42.5 Å². The number of amides is 3. The summed E-state index contributed by atoms with van der Waals surface area (Å²) >= 11 is 6.50. The normalized spacial score (nSPS) is 15.5. The summed E-state index contributed by atoms with van der Waals surface area (Å²) < 4.78 is 19.8. The van der Waals surface area contributed by atoms with Crippen LogP contribution < -0.4 is 5.32 Å². The highest BCUT2D eigenvalue weighted by molar-refractivity contribution is 6.35. The number of benzene rings is 2. The van der Waals surface area contributed by atoms with Crippen molar-refractivity contribution in [1.82, 2.24) is 20.1 Å². The largest absolute Gasteiger partial charge is 0.449 e. The molecule has 2 aromatic carbocycles. The molecule has 1 N–H and O–H groups in total. The van der Waals surface area contributed by atoms with Gasteiger partial charge in [0.2, 0.25) is 0 Å². The highest BCUT2D eigenvalue weighted by Crippen LogP contribution is 2.30. The Morgan fingerprint density at radius 2 is 1.95 bits per heavy atom. The molecule has 2 heterocycles. The molecule has 0 unspecified atom stereocenters. The van der Waals surface area contributed by atoms with Crippen molar-refractivity contribution in [2.45, 2.75) is 26.3 Å². The topological polar surface area (TPSA) is 91.8 Å². The highest BCUT2D eigenvalue weighted by atomic mass is 35.5. The number of carbonyl (C=O) groups excluding carboxylic acids is 3. The lowest BCUT2D eigenvalue weighted by atomic mass is 10.0. The second kappa shape index (κ2) is 11.1. The Kier molecular flexibility index (Phi) is 7.92. The molecule has 194 valence electrons. The Labute approximate surface area is 219 Å². The maximum atomic E-state index is 14.5. The van der Waals surface area contributed by atoms with Crippen molar-refractivity contribution in [3.63, 3.8) is 0 Å². The fourth-order valence-electron chi connectivity index (χ4n) is 4.33. The third-order valence-electron chi connectivity index (χ3n) is 6.32. The van der Waals surface area contributed by atoms with Gasteiger partial charge >= 0.3 is 6.09 Å². The van der Waals surface area contributed by atoms with Gasteiger partial charge in [-0.15, -0.1) is 0 Å². The first-order chi connectivity index (χ1) is 17.7. The van der Waals surface area contributed by atoms with E-state index in [0.29, 0.717) is 59.0 Å². The van der Waals surface area contributed by atoms with E-state index in [1.165, 1.54) is 19.2 Å². The number of pyridine rings is 1. The van der Waals surface area contributed by atoms with E-state index in [4.69, 9.17) is 16.3 Å². The van der Waals surface area contributed by atoms with E-state index in [-0.39, 0.29) is 23.6 Å². The lowest BCUT2D eigenvalue weighted by Gasteiger charge is -2.39. The third-order valence-corrected chi connectivity index (χ3v) is 6.63. The van der Waals surface area contributed by atoms with E-state index >= 15 is 0 Å². The van der Waals surface area contributed by atoms with Crippen LogP contribution in [0.1, 0.15) is 41.0 Å². The van der Waals surface area contributed by atoms with Gasteiger partial charge in [0, 0.05) is 49.2 Å². The summed E-state index contributed by atoms with van der Waals surface area (Å²) in [6.45, 7) is 5.33. The predicted octanol–water partition coefficient (Wildman–Crippen LogP) is 4.75. The van der Waals surface area contributed by atoms with Crippen LogP contribution in [0, 0.1) is 5.82 Å². The zero-order chi connectivity index (χ0) is 26.7. The molecule has 4 rings (SSSR count). The summed E-state index contributed by atoms with van der Waals surface area (Å²) in [6.07, 6.45) is 0.384. The minimum absolute atomic E-state index is 0.0704. The van der Waals surface area contributed by atoms with Gasteiger partial charge in [0.1, 0.15) is 5.82 Å². The van der Waals surface area contributed by atoms with Gasteiger partial charge in [0.05, 0.1) is 28.4 Å². The van der Waals surface area contributed by atoms with E-state index in [0.717, 1.165) is 6.42 Å². The number of hydrogen-bond acceptors (Lipinski definition) is 5. The average Bonchev–Trinajstić information content (AvgIpc) is 2.90. The lowest BCUT2D eigenvalue weighted by Crippen LogP contribution is -2.55. The highest BCUT2D eigenvalue weighted by Gasteiger charge is 2.31. The zero-order valence-corrected chi connectivity index (χ0v) is 21.6. The van der Waals surface area contributed by atoms with Crippen LogP contribution in [0.5, 0.6) is 0 Å². The minimum atomic E-state index is -0.675. The van der Waals surface area contributed by atoms with E-state index in [9.17, 15) is 18.8 Å². The first-order valence-electron chi connectivity index (χ1n) is 12.1. The lowest BCUT2D eigenvalue weighted by molar-refractivity contribution is 0.0412. The zero-order valence-electron chi connectivity index (χ0n) is 20.9. The van der Waals surface area contributed by atoms with Gasteiger partial charge in [0.25, 0.3) is 11.8 Å². The first kappa shape index (κ1) is 26.3. The second-order valence-electron chi connectivity index (χ2n) is 8.90. The molecule has 8 nitrogen and oxygen atoms in total. The van der Waals surface area contributed by atoms with E-state index in [2.05, 4.69) is 10.3 Å². The van der Waals surface area contributed by atoms with E-state index < -0.39 is 11.7 Å². The van der Waals surface area contributed by atoms with Gasteiger partial charge in [-0.05, 0) is 43.7 Å². The molecule has 1 aliphatic heterocycles. The van der Waals surface area contributed by atoms with Crippen molar-refractivity contribution in [3.8, 4) is 11.3 Å². The molecule has 0 aliphatic carbocycles. The van der Waals surface area contributed by atoms with Crippen LogP contribution >= 0.6 is 11.6 Å². The average molecular weight is 527 g/mol. The Morgan fingerprint density at radius 1 is 1.16 bits per heavy atom. The SMILES string of the molecule is CCCOC(=O)N1CCN(C(=O)c2ccc3c(Cl)cc(-c4ccc(C(=O)NC)c(F)c4)nc3c2)C[C@H]1C. The van der Waals surface area contributed by atoms with Crippen LogP contribution in [0.2, 0.25) is 5.02 Å². The number of aromatic nitrogens is 1. The molecule has 37 heavy (non-hydrogen) atoms. The number of rotatable bonds is 5. The van der Waals surface area contributed by atoms with Crippen LogP contribution in [-0.2, 0) is 4.74 Å². The van der Waals surface area contributed by atoms with E-state index in [1.54, 1.807) is 40.1 Å². The molecule has 0 bridgehead atoms. The number of hydrogen-bond donors (Lipinski definition) is 1. The predicted molar refractivity (Wildman–Crippen MR) is 139 cm³/mol. The van der Waals surface area contributed by atoms with Gasteiger partial charge < -0.3 is 19.9 Å². The quantitative estimate of drug-likeness (QED) is 0.518. The molecular formula is C27H28ClFN4O4. The smallest absolute Gasteiger partial charge is 0.410 e. The summed E-state index contributed by atoms with van der Waals surface area (Å²) in [4.78, 5) is 45.3. The maximum Gasteiger partial charge on any atom is 0.410 e. The van der Waals surface area contributed by atoms with Crippen LogP contribution in [-0.4, -0.2) is 72.0 Å². The standard InChI is InChI=1S/C27H28ClFN4O4/c1-4-11-37-27(36)33-10-9-32(15-16(33)2)26(35)18-6-7-19-21(28)14-23(31-24(19)13-18)17-5-8-20(22(29)12-17)25(34)30-3/h5-8,12-14,16H,4,9-11,15H2,1-3H3,(H,30,34)/t16-/m1/s1. The molecule has 1 atom stereocenters. The number of carbonyl (C=O) groups is 3. The van der Waals surface area contributed by atoms with Crippen molar-refractivity contribution in [1.29, 1.82) is 0 Å². The summed E-state index contributed by atoms with van der Waals surface area (Å²) in [5.74, 6) is -1.38. The molecule has 10 heteroatoms. The number of nitrogens with one attached hydrogen (secondary N) is 1. The molecule has 3 amide bonds. The van der Waals surface area contributed by atoms with Gasteiger partial charge in [0.15, 0.2) is 0 Å². The Balaban J connectivity index is 1.57. The van der Waals surface area contributed by atoms with Crippen molar-refractivity contribution in [2.75, 3.05) is 33.3 Å². The third kappa shape index (κ3) is 5.51. The van der Waals surface area contributed by atoms with Crippen LogP contribution in [0.3, 0.4) is 0 Å². The van der Waals surface area contributed by atoms with Gasteiger partial charge in [-0.25, -0.2) is 14.2 Å². The van der Waals surface area contributed by atoms with Gasteiger partial charge in [-0.3, -0.25) is 9.59 Å². The number of ether oxygens (including phenoxy) is 1. The molecule has 1 fully saturated rings. The molecule has 0 saturated carbocycles. The molecule has 0 spiro atoms. The number of halogens is 2. The van der Waals surface area contributed by atoms with E-state index in [1.807, 2.05) is 13.8 Å². The maximum absolute atomic E-state index is 14.5. The number of nitrogens with zero attached hydrogens (tertiary/aromatic N) is 3. The first-order valence-corrected chi connectivity index (χ1v) is 12.5. The molecule has 1 aromatic heterocycles. The monoisotopic (exact) mass is 526 g/mol. The summed E-state index contributed by atoms with van der Waals surface area (Å²) in [6, 6.07) is 10.8. The molecule has 1 saturated heterocycles. The van der Waals surface area contributed by atoms with Gasteiger partial charge in [-0.1, -0.05) is 30.7 Å². The Bertz CT molecular complexity index is 1370. The molecule has 0 radical (unpaired) electrons. The fraction of sp³-hybridized carbons (Fsp3) is 0.333. The molecule has 1 aliphatic rings. The van der Waals surface area contributed by atoms with Crippen LogP contribution in [0.25, 0.3) is 22.2 Å². The Hall–Kier alpha value is -3.72. The summed E-state index contributed by atoms with van der Waals surface area (Å²) in [7, 11) is 1.43. The molecular weight excluding hydrogens is 499 g/mol. The fourth-order valence-corrected chi connectivity index (χ4v) is 4.59. The minimum Gasteiger partial charge on any atom is -0.449 e. The van der Waals surface area contributed by atoms with Gasteiger partial charge in [-0.2, -0.15) is 0 Å². The summed E-state index contributed by atoms with van der Waals surface area (Å²) in [5.41, 5.74) is 1.71.